The molecule has 5 nitrogen and oxygen atoms in total. The lowest BCUT2D eigenvalue weighted by atomic mass is 10.4. The van der Waals surface area contributed by atoms with Gasteiger partial charge in [0.2, 0.25) is 0 Å². The number of aromatic nitrogens is 3. The Hall–Kier alpha value is -2.04. The molecule has 96 valence electrons. The maximum atomic E-state index is 5.50. The topological polar surface area (TPSA) is 52.0 Å². The van der Waals surface area contributed by atoms with Crippen LogP contribution in [0.2, 0.25) is 0 Å². The molecule has 2 aromatic heterocycles. The minimum atomic E-state index is 0.646. The number of hydrogen-bond acceptors (Lipinski definition) is 4. The van der Waals surface area contributed by atoms with E-state index in [4.69, 9.17) is 4.74 Å². The summed E-state index contributed by atoms with van der Waals surface area (Å²) >= 11 is 0. The van der Waals surface area contributed by atoms with E-state index in [1.807, 2.05) is 36.0 Å². The van der Waals surface area contributed by atoms with Crippen LogP contribution in [0.15, 0.2) is 36.8 Å². The summed E-state index contributed by atoms with van der Waals surface area (Å²) in [6.07, 6.45) is 6.51. The molecule has 0 aliphatic carbocycles. The van der Waals surface area contributed by atoms with Crippen molar-refractivity contribution in [3.63, 3.8) is 0 Å². The van der Waals surface area contributed by atoms with Gasteiger partial charge in [-0.05, 0) is 31.5 Å². The molecule has 2 rings (SSSR count). The van der Waals surface area contributed by atoms with Gasteiger partial charge >= 0.3 is 0 Å². The number of aryl methyl sites for hydroxylation is 1. The molecule has 0 aliphatic rings. The molecule has 0 radical (unpaired) electrons. The van der Waals surface area contributed by atoms with Gasteiger partial charge in [0, 0.05) is 31.7 Å². The Morgan fingerprint density at radius 3 is 3.06 bits per heavy atom. The monoisotopic (exact) mass is 246 g/mol. The fourth-order valence-electron chi connectivity index (χ4n) is 1.68. The average Bonchev–Trinajstić information content (AvgIpc) is 2.90. The van der Waals surface area contributed by atoms with Crippen LogP contribution in [-0.4, -0.2) is 27.9 Å². The average molecular weight is 246 g/mol. The Morgan fingerprint density at radius 2 is 2.28 bits per heavy atom. The number of anilines is 1. The second-order valence-electron chi connectivity index (χ2n) is 3.83. The molecule has 2 aromatic rings. The minimum Gasteiger partial charge on any atom is -0.490 e. The molecule has 0 unspecified atom stereocenters. The van der Waals surface area contributed by atoms with Crippen LogP contribution in [-0.2, 0) is 6.54 Å². The van der Waals surface area contributed by atoms with Gasteiger partial charge in [-0.15, -0.1) is 0 Å². The summed E-state index contributed by atoms with van der Waals surface area (Å²) in [5, 5.41) is 7.44. The smallest absolute Gasteiger partial charge is 0.168 e. The number of hydrogen-bond donors (Lipinski definition) is 1. The summed E-state index contributed by atoms with van der Waals surface area (Å²) in [6, 6.07) is 5.73. The van der Waals surface area contributed by atoms with E-state index in [2.05, 4.69) is 15.4 Å². The van der Waals surface area contributed by atoms with Crippen LogP contribution in [0.5, 0.6) is 5.75 Å². The summed E-state index contributed by atoms with van der Waals surface area (Å²) in [5.41, 5.74) is 0. The summed E-state index contributed by atoms with van der Waals surface area (Å²) < 4.78 is 7.42. The Kier molecular flexibility index (Phi) is 4.58. The van der Waals surface area contributed by atoms with Gasteiger partial charge < -0.3 is 10.1 Å². The summed E-state index contributed by atoms with van der Waals surface area (Å²) in [6.45, 7) is 4.36. The largest absolute Gasteiger partial charge is 0.490 e. The van der Waals surface area contributed by atoms with Crippen molar-refractivity contribution in [2.24, 2.45) is 0 Å². The molecule has 0 atom stereocenters. The van der Waals surface area contributed by atoms with E-state index < -0.39 is 0 Å². The highest BCUT2D eigenvalue weighted by Gasteiger charge is 2.02. The fourth-order valence-corrected chi connectivity index (χ4v) is 1.68. The van der Waals surface area contributed by atoms with Crippen LogP contribution >= 0.6 is 0 Å². The standard InChI is InChI=1S/C13H18N4O/c1-2-18-12-6-3-7-14-13(12)15-8-4-10-17-11-5-9-16-17/h3,5-7,9,11H,2,4,8,10H2,1H3,(H,14,15). The zero-order chi connectivity index (χ0) is 12.6. The predicted molar refractivity (Wildman–Crippen MR) is 70.7 cm³/mol. The van der Waals surface area contributed by atoms with Gasteiger partial charge in [0.15, 0.2) is 11.6 Å². The third kappa shape index (κ3) is 3.48. The minimum absolute atomic E-state index is 0.646. The molecule has 0 spiro atoms. The molecular weight excluding hydrogens is 228 g/mol. The number of rotatable bonds is 7. The van der Waals surface area contributed by atoms with Crippen molar-refractivity contribution in [2.75, 3.05) is 18.5 Å². The molecule has 0 aromatic carbocycles. The van der Waals surface area contributed by atoms with Gasteiger partial charge in [0.1, 0.15) is 0 Å². The van der Waals surface area contributed by atoms with Crippen LogP contribution in [0, 0.1) is 0 Å². The van der Waals surface area contributed by atoms with Crippen molar-refractivity contribution < 1.29 is 4.74 Å². The van der Waals surface area contributed by atoms with E-state index in [9.17, 15) is 0 Å². The van der Waals surface area contributed by atoms with Crippen LogP contribution in [0.25, 0.3) is 0 Å². The Labute approximate surface area is 107 Å². The first kappa shape index (κ1) is 12.4. The highest BCUT2D eigenvalue weighted by atomic mass is 16.5. The van der Waals surface area contributed by atoms with E-state index in [1.54, 1.807) is 12.4 Å². The van der Waals surface area contributed by atoms with E-state index in [1.165, 1.54) is 0 Å². The lowest BCUT2D eigenvalue weighted by Crippen LogP contribution is -2.09. The molecule has 0 saturated heterocycles. The first-order valence-corrected chi connectivity index (χ1v) is 6.19. The van der Waals surface area contributed by atoms with Gasteiger partial charge in [0.25, 0.3) is 0 Å². The molecule has 0 fully saturated rings. The van der Waals surface area contributed by atoms with Crippen molar-refractivity contribution in [3.8, 4) is 5.75 Å². The SMILES string of the molecule is CCOc1cccnc1NCCCn1cccn1. The number of pyridine rings is 1. The lowest BCUT2D eigenvalue weighted by Gasteiger charge is -2.10. The Morgan fingerprint density at radius 1 is 1.33 bits per heavy atom. The second kappa shape index (κ2) is 6.64. The normalized spacial score (nSPS) is 10.3. The summed E-state index contributed by atoms with van der Waals surface area (Å²) in [4.78, 5) is 4.27. The molecule has 0 saturated carbocycles. The number of ether oxygens (including phenoxy) is 1. The zero-order valence-electron chi connectivity index (χ0n) is 10.5. The van der Waals surface area contributed by atoms with Gasteiger partial charge in [-0.1, -0.05) is 0 Å². The molecule has 5 heteroatoms. The number of nitrogens with one attached hydrogen (secondary N) is 1. The maximum Gasteiger partial charge on any atom is 0.168 e. The highest BCUT2D eigenvalue weighted by molar-refractivity contribution is 5.49. The van der Waals surface area contributed by atoms with Gasteiger partial charge in [0.05, 0.1) is 6.61 Å². The molecule has 0 bridgehead atoms. The van der Waals surface area contributed by atoms with Crippen molar-refractivity contribution in [3.05, 3.63) is 36.8 Å². The Balaban J connectivity index is 1.79. The van der Waals surface area contributed by atoms with Gasteiger partial charge in [-0.2, -0.15) is 5.10 Å². The summed E-state index contributed by atoms with van der Waals surface area (Å²) in [5.74, 6) is 1.61. The van der Waals surface area contributed by atoms with Crippen LogP contribution in [0.4, 0.5) is 5.82 Å². The molecular formula is C13H18N4O. The van der Waals surface area contributed by atoms with Crippen LogP contribution in [0.1, 0.15) is 13.3 Å². The predicted octanol–water partition coefficient (Wildman–Crippen LogP) is 2.18. The molecule has 2 heterocycles. The fraction of sp³-hybridized carbons (Fsp3) is 0.385. The Bertz CT molecular complexity index is 456. The van der Waals surface area contributed by atoms with Gasteiger partial charge in [-0.3, -0.25) is 4.68 Å². The molecule has 0 amide bonds. The van der Waals surface area contributed by atoms with Gasteiger partial charge in [-0.25, -0.2) is 4.98 Å². The van der Waals surface area contributed by atoms with Crippen LogP contribution < -0.4 is 10.1 Å². The quantitative estimate of drug-likeness (QED) is 0.761. The van der Waals surface area contributed by atoms with E-state index >= 15 is 0 Å². The maximum absolute atomic E-state index is 5.50. The highest BCUT2D eigenvalue weighted by Crippen LogP contribution is 2.20. The van der Waals surface area contributed by atoms with Crippen molar-refractivity contribution in [2.45, 2.75) is 19.9 Å². The van der Waals surface area contributed by atoms with Crippen molar-refractivity contribution in [1.82, 2.24) is 14.8 Å². The third-order valence-corrected chi connectivity index (χ3v) is 2.49. The molecule has 1 N–H and O–H groups in total. The first-order valence-electron chi connectivity index (χ1n) is 6.19. The zero-order valence-corrected chi connectivity index (χ0v) is 10.5. The van der Waals surface area contributed by atoms with E-state index in [-0.39, 0.29) is 0 Å². The van der Waals surface area contributed by atoms with E-state index in [0.29, 0.717) is 6.61 Å². The van der Waals surface area contributed by atoms with Crippen LogP contribution in [0.3, 0.4) is 0 Å². The first-order chi connectivity index (χ1) is 8.90. The lowest BCUT2D eigenvalue weighted by molar-refractivity contribution is 0.340. The number of nitrogens with zero attached hydrogens (tertiary/aromatic N) is 3. The second-order valence-corrected chi connectivity index (χ2v) is 3.83. The third-order valence-electron chi connectivity index (χ3n) is 2.49. The molecule has 18 heavy (non-hydrogen) atoms. The summed E-state index contributed by atoms with van der Waals surface area (Å²) in [7, 11) is 0. The van der Waals surface area contributed by atoms with E-state index in [0.717, 1.165) is 31.1 Å². The molecule has 0 aliphatic heterocycles. The van der Waals surface area contributed by atoms with Crippen molar-refractivity contribution >= 4 is 5.82 Å². The van der Waals surface area contributed by atoms with Crippen molar-refractivity contribution in [1.29, 1.82) is 0 Å².